The number of thioether (sulfide) groups is 1. The highest BCUT2D eigenvalue weighted by molar-refractivity contribution is 9.10. The van der Waals surface area contributed by atoms with Crippen LogP contribution in [0.4, 0.5) is 10.1 Å². The molecule has 0 aliphatic carbocycles. The molecule has 0 heterocycles. The largest absolute Gasteiger partial charge is 0.399 e. The lowest BCUT2D eigenvalue weighted by Crippen LogP contribution is -2.36. The Labute approximate surface area is 125 Å². The molecule has 0 fully saturated rings. The van der Waals surface area contributed by atoms with Gasteiger partial charge in [-0.2, -0.15) is 11.8 Å². The van der Waals surface area contributed by atoms with Gasteiger partial charge in [-0.15, -0.1) is 0 Å². The van der Waals surface area contributed by atoms with Crippen LogP contribution in [0.15, 0.2) is 21.5 Å². The van der Waals surface area contributed by atoms with Crippen molar-refractivity contribution in [3.63, 3.8) is 0 Å². The Hall–Kier alpha value is -0.310. The van der Waals surface area contributed by atoms with Gasteiger partial charge in [-0.1, -0.05) is 6.92 Å². The smallest absolute Gasteiger partial charge is 0.243 e. The zero-order valence-corrected chi connectivity index (χ0v) is 13.8. The first-order valence-electron chi connectivity index (χ1n) is 5.57. The summed E-state index contributed by atoms with van der Waals surface area (Å²) in [5, 5.41) is 0. The fourth-order valence-electron chi connectivity index (χ4n) is 1.50. The van der Waals surface area contributed by atoms with Crippen molar-refractivity contribution in [1.82, 2.24) is 4.72 Å². The van der Waals surface area contributed by atoms with E-state index in [4.69, 9.17) is 5.73 Å². The second kappa shape index (κ2) is 6.92. The second-order valence-electron chi connectivity index (χ2n) is 4.00. The van der Waals surface area contributed by atoms with Gasteiger partial charge in [-0.25, -0.2) is 17.5 Å². The molecule has 0 aliphatic rings. The van der Waals surface area contributed by atoms with Gasteiger partial charge in [0.1, 0.15) is 4.90 Å². The van der Waals surface area contributed by atoms with Crippen LogP contribution in [-0.4, -0.2) is 26.5 Å². The number of benzene rings is 1. The molecule has 0 amide bonds. The van der Waals surface area contributed by atoms with E-state index in [0.29, 0.717) is 12.2 Å². The zero-order valence-electron chi connectivity index (χ0n) is 10.6. The summed E-state index contributed by atoms with van der Waals surface area (Å²) in [6.45, 7) is 1.87. The van der Waals surface area contributed by atoms with Crippen molar-refractivity contribution in [3.8, 4) is 0 Å². The SMILES string of the molecule is CCC(CSC)NS(=O)(=O)c1cc(N)cc(Br)c1F. The van der Waals surface area contributed by atoms with Crippen LogP contribution < -0.4 is 10.5 Å². The highest BCUT2D eigenvalue weighted by Crippen LogP contribution is 2.26. The molecule has 0 bridgehead atoms. The van der Waals surface area contributed by atoms with E-state index in [0.717, 1.165) is 6.07 Å². The number of hydrogen-bond acceptors (Lipinski definition) is 4. The van der Waals surface area contributed by atoms with Crippen molar-refractivity contribution < 1.29 is 12.8 Å². The average Bonchev–Trinajstić information content (AvgIpc) is 2.32. The minimum Gasteiger partial charge on any atom is -0.399 e. The van der Waals surface area contributed by atoms with Gasteiger partial charge in [0.05, 0.1) is 4.47 Å². The van der Waals surface area contributed by atoms with E-state index in [9.17, 15) is 12.8 Å². The molecule has 0 aliphatic heterocycles. The third kappa shape index (κ3) is 4.34. The predicted molar refractivity (Wildman–Crippen MR) is 81.3 cm³/mol. The van der Waals surface area contributed by atoms with Gasteiger partial charge >= 0.3 is 0 Å². The maximum atomic E-state index is 13.9. The lowest BCUT2D eigenvalue weighted by molar-refractivity contribution is 0.539. The van der Waals surface area contributed by atoms with Crippen LogP contribution in [0.5, 0.6) is 0 Å². The number of anilines is 1. The van der Waals surface area contributed by atoms with Crippen molar-refractivity contribution in [1.29, 1.82) is 0 Å². The molecule has 3 N–H and O–H groups in total. The second-order valence-corrected chi connectivity index (χ2v) is 7.44. The van der Waals surface area contributed by atoms with Crippen LogP contribution in [0.1, 0.15) is 13.3 Å². The van der Waals surface area contributed by atoms with Gasteiger partial charge in [0.2, 0.25) is 10.0 Å². The molecule has 4 nitrogen and oxygen atoms in total. The molecule has 0 saturated carbocycles. The maximum absolute atomic E-state index is 13.9. The number of nitrogens with two attached hydrogens (primary N) is 1. The van der Waals surface area contributed by atoms with E-state index in [1.54, 1.807) is 0 Å². The number of rotatable bonds is 6. The van der Waals surface area contributed by atoms with Crippen LogP contribution in [0.3, 0.4) is 0 Å². The van der Waals surface area contributed by atoms with Gasteiger partial charge in [0, 0.05) is 17.5 Å². The molecular formula is C11H16BrFN2O2S2. The molecule has 0 aromatic heterocycles. The summed E-state index contributed by atoms with van der Waals surface area (Å²) >= 11 is 4.48. The summed E-state index contributed by atoms with van der Waals surface area (Å²) in [4.78, 5) is -0.432. The van der Waals surface area contributed by atoms with Crippen LogP contribution >= 0.6 is 27.7 Å². The summed E-state index contributed by atoms with van der Waals surface area (Å²) in [5.74, 6) is -0.207. The highest BCUT2D eigenvalue weighted by atomic mass is 79.9. The summed E-state index contributed by atoms with van der Waals surface area (Å²) in [6.07, 6.45) is 2.51. The van der Waals surface area contributed by atoms with Crippen molar-refractivity contribution in [2.24, 2.45) is 0 Å². The summed E-state index contributed by atoms with van der Waals surface area (Å²) in [5.41, 5.74) is 5.74. The van der Waals surface area contributed by atoms with Crippen molar-refractivity contribution in [3.05, 3.63) is 22.4 Å². The first kappa shape index (κ1) is 16.7. The van der Waals surface area contributed by atoms with Crippen LogP contribution in [0.25, 0.3) is 0 Å². The Morgan fingerprint density at radius 3 is 2.68 bits per heavy atom. The van der Waals surface area contributed by atoms with Crippen molar-refractivity contribution in [2.75, 3.05) is 17.7 Å². The van der Waals surface area contributed by atoms with E-state index >= 15 is 0 Å². The summed E-state index contributed by atoms with van der Waals surface area (Å²) in [6, 6.07) is 2.21. The Morgan fingerprint density at radius 2 is 2.16 bits per heavy atom. The molecule has 1 aromatic carbocycles. The quantitative estimate of drug-likeness (QED) is 0.754. The van der Waals surface area contributed by atoms with Crippen molar-refractivity contribution >= 4 is 43.4 Å². The Kier molecular flexibility index (Phi) is 6.10. The predicted octanol–water partition coefficient (Wildman–Crippen LogP) is 2.59. The summed E-state index contributed by atoms with van der Waals surface area (Å²) < 4.78 is 40.7. The molecule has 0 saturated heterocycles. The van der Waals surface area contributed by atoms with E-state index in [-0.39, 0.29) is 16.2 Å². The Morgan fingerprint density at radius 1 is 1.53 bits per heavy atom. The number of sulfonamides is 1. The van der Waals surface area contributed by atoms with Gasteiger partial charge in [0.25, 0.3) is 0 Å². The molecule has 1 unspecified atom stereocenters. The fourth-order valence-corrected chi connectivity index (χ4v) is 4.39. The monoisotopic (exact) mass is 370 g/mol. The molecule has 1 aromatic rings. The summed E-state index contributed by atoms with van der Waals surface area (Å²) in [7, 11) is -3.92. The number of nitrogens with one attached hydrogen (secondary N) is 1. The van der Waals surface area contributed by atoms with Gasteiger partial charge in [-0.3, -0.25) is 0 Å². The van der Waals surface area contributed by atoms with E-state index in [1.807, 2.05) is 13.2 Å². The van der Waals surface area contributed by atoms with Crippen LogP contribution in [0, 0.1) is 5.82 Å². The molecule has 1 rings (SSSR count). The van der Waals surface area contributed by atoms with E-state index in [1.165, 1.54) is 17.8 Å². The van der Waals surface area contributed by atoms with Gasteiger partial charge in [0.15, 0.2) is 5.82 Å². The number of halogens is 2. The molecule has 0 radical (unpaired) electrons. The maximum Gasteiger partial charge on any atom is 0.243 e. The van der Waals surface area contributed by atoms with E-state index in [2.05, 4.69) is 20.7 Å². The van der Waals surface area contributed by atoms with Gasteiger partial charge < -0.3 is 5.73 Å². The standard InChI is InChI=1S/C11H16BrFN2O2S2/c1-3-8(6-18-2)15-19(16,17)10-5-7(14)4-9(12)11(10)13/h4-5,8,15H,3,6,14H2,1-2H3. The molecular weight excluding hydrogens is 355 g/mol. The number of hydrogen-bond donors (Lipinski definition) is 2. The highest BCUT2D eigenvalue weighted by Gasteiger charge is 2.24. The molecule has 1 atom stereocenters. The minimum absolute atomic E-state index is 0.0331. The molecule has 19 heavy (non-hydrogen) atoms. The number of nitrogen functional groups attached to an aromatic ring is 1. The normalized spacial score (nSPS) is 13.5. The first-order chi connectivity index (χ1) is 8.81. The molecule has 8 heteroatoms. The lowest BCUT2D eigenvalue weighted by Gasteiger charge is -2.16. The molecule has 108 valence electrons. The Balaban J connectivity index is 3.13. The topological polar surface area (TPSA) is 72.2 Å². The first-order valence-corrected chi connectivity index (χ1v) is 9.24. The van der Waals surface area contributed by atoms with E-state index < -0.39 is 20.7 Å². The lowest BCUT2D eigenvalue weighted by atomic mass is 10.3. The third-order valence-electron chi connectivity index (χ3n) is 2.49. The van der Waals surface area contributed by atoms with Crippen LogP contribution in [-0.2, 0) is 10.0 Å². The molecule has 0 spiro atoms. The fraction of sp³-hybridized carbons (Fsp3) is 0.455. The zero-order chi connectivity index (χ0) is 14.6. The minimum atomic E-state index is -3.92. The Bertz CT molecular complexity index is 552. The average molecular weight is 371 g/mol. The van der Waals surface area contributed by atoms with Crippen molar-refractivity contribution in [2.45, 2.75) is 24.3 Å². The van der Waals surface area contributed by atoms with Gasteiger partial charge in [-0.05, 0) is 40.7 Å². The third-order valence-corrected chi connectivity index (χ3v) is 5.32. The van der Waals surface area contributed by atoms with Crippen LogP contribution in [0.2, 0.25) is 0 Å².